The van der Waals surface area contributed by atoms with E-state index in [1.54, 1.807) is 12.1 Å². The number of carbonyl (C=O) groups is 2. The van der Waals surface area contributed by atoms with Crippen molar-refractivity contribution in [2.75, 3.05) is 18.2 Å². The van der Waals surface area contributed by atoms with E-state index >= 15 is 0 Å². The highest BCUT2D eigenvalue weighted by Gasteiger charge is 2.30. The van der Waals surface area contributed by atoms with Crippen LogP contribution in [0.15, 0.2) is 53.1 Å². The lowest BCUT2D eigenvalue weighted by atomic mass is 9.87. The van der Waals surface area contributed by atoms with Crippen LogP contribution in [0.4, 0.5) is 10.1 Å². The van der Waals surface area contributed by atoms with Crippen molar-refractivity contribution in [1.82, 2.24) is 5.32 Å². The number of allylic oxidation sites excluding steroid dienone is 1. The number of carbonyl (C=O) groups excluding carboxylic acids is 2. The van der Waals surface area contributed by atoms with Crippen LogP contribution in [0.3, 0.4) is 0 Å². The Morgan fingerprint density at radius 2 is 2.10 bits per heavy atom. The number of benzene rings is 2. The number of hydrogen-bond acceptors (Lipinski definition) is 6. The van der Waals surface area contributed by atoms with Gasteiger partial charge in [-0.15, -0.1) is 0 Å². The van der Waals surface area contributed by atoms with Gasteiger partial charge >= 0.3 is 0 Å². The average Bonchev–Trinajstić information content (AvgIpc) is 2.74. The van der Waals surface area contributed by atoms with Crippen LogP contribution < -0.4 is 15.4 Å². The molecule has 3 N–H and O–H groups in total. The third-order valence-electron chi connectivity index (χ3n) is 4.44. The minimum absolute atomic E-state index is 0.0453. The molecule has 30 heavy (non-hydrogen) atoms. The van der Waals surface area contributed by atoms with Crippen LogP contribution in [0.25, 0.3) is 0 Å². The molecule has 154 valence electrons. The number of hydrogen-bond donors (Lipinski definition) is 3. The first-order valence-electron chi connectivity index (χ1n) is 8.90. The number of nitrogens with zero attached hydrogens (tertiary/aromatic N) is 1. The van der Waals surface area contributed by atoms with Crippen LogP contribution in [-0.2, 0) is 9.59 Å². The predicted octanol–water partition coefficient (Wildman–Crippen LogP) is 3.25. The van der Waals surface area contributed by atoms with E-state index in [1.165, 1.54) is 37.4 Å². The molecule has 2 aromatic carbocycles. The fourth-order valence-electron chi connectivity index (χ4n) is 3.00. The zero-order chi connectivity index (χ0) is 21.7. The fraction of sp³-hybridized carbons (Fsp3) is 0.190. The summed E-state index contributed by atoms with van der Waals surface area (Å²) in [7, 11) is 1.41. The molecule has 2 aromatic rings. The summed E-state index contributed by atoms with van der Waals surface area (Å²) in [6, 6.07) is 12.1. The molecule has 1 aliphatic rings. The molecule has 1 heterocycles. The third-order valence-corrected chi connectivity index (χ3v) is 5.45. The molecule has 7 nitrogen and oxygen atoms in total. The fourth-order valence-corrected chi connectivity index (χ4v) is 3.87. The van der Waals surface area contributed by atoms with Crippen molar-refractivity contribution in [1.29, 1.82) is 5.26 Å². The second kappa shape index (κ2) is 9.33. The highest BCUT2D eigenvalue weighted by Crippen LogP contribution is 2.38. The third kappa shape index (κ3) is 4.90. The molecule has 0 radical (unpaired) electrons. The van der Waals surface area contributed by atoms with E-state index in [0.29, 0.717) is 21.9 Å². The van der Waals surface area contributed by atoms with Crippen molar-refractivity contribution in [3.05, 3.63) is 64.4 Å². The van der Waals surface area contributed by atoms with Gasteiger partial charge in [0.1, 0.15) is 5.82 Å². The summed E-state index contributed by atoms with van der Waals surface area (Å²) in [5, 5.41) is 25.1. The van der Waals surface area contributed by atoms with Crippen LogP contribution in [0.2, 0.25) is 0 Å². The molecular formula is C21H18FN3O4S. The van der Waals surface area contributed by atoms with E-state index in [4.69, 9.17) is 4.74 Å². The maximum Gasteiger partial charge on any atom is 0.234 e. The monoisotopic (exact) mass is 427 g/mol. The van der Waals surface area contributed by atoms with Gasteiger partial charge in [-0.05, 0) is 42.0 Å². The number of methoxy groups -OCH3 is 1. The van der Waals surface area contributed by atoms with E-state index in [9.17, 15) is 24.3 Å². The first-order valence-corrected chi connectivity index (χ1v) is 9.89. The molecule has 0 saturated heterocycles. The maximum atomic E-state index is 13.0. The number of thioether (sulfide) groups is 1. The zero-order valence-corrected chi connectivity index (χ0v) is 16.8. The summed E-state index contributed by atoms with van der Waals surface area (Å²) in [6.07, 6.45) is 0.0582. The molecule has 0 fully saturated rings. The predicted molar refractivity (Wildman–Crippen MR) is 110 cm³/mol. The normalized spacial score (nSPS) is 15.9. The lowest BCUT2D eigenvalue weighted by Gasteiger charge is -2.25. The van der Waals surface area contributed by atoms with Gasteiger partial charge < -0.3 is 20.5 Å². The molecule has 2 amide bonds. The number of aromatic hydroxyl groups is 1. The molecule has 1 unspecified atom stereocenters. The lowest BCUT2D eigenvalue weighted by molar-refractivity contribution is -0.121. The van der Waals surface area contributed by atoms with Gasteiger partial charge in [0, 0.05) is 18.0 Å². The Morgan fingerprint density at radius 3 is 2.77 bits per heavy atom. The molecule has 0 bridgehead atoms. The van der Waals surface area contributed by atoms with E-state index in [0.717, 1.165) is 11.8 Å². The number of ether oxygens (including phenoxy) is 1. The SMILES string of the molecule is COc1cc(C2CC(=O)NC(SCC(=O)Nc3ccc(F)cc3)=C2C#N)ccc1O. The summed E-state index contributed by atoms with van der Waals surface area (Å²) >= 11 is 1.03. The molecule has 3 rings (SSSR count). The Kier molecular flexibility index (Phi) is 6.59. The summed E-state index contributed by atoms with van der Waals surface area (Å²) in [4.78, 5) is 24.4. The number of anilines is 1. The Balaban J connectivity index is 1.78. The van der Waals surface area contributed by atoms with Crippen molar-refractivity contribution in [2.24, 2.45) is 0 Å². The van der Waals surface area contributed by atoms with Crippen LogP contribution in [0, 0.1) is 17.1 Å². The van der Waals surface area contributed by atoms with E-state index in [1.807, 2.05) is 0 Å². The zero-order valence-electron chi connectivity index (χ0n) is 15.9. The summed E-state index contributed by atoms with van der Waals surface area (Å²) in [6.45, 7) is 0. The lowest BCUT2D eigenvalue weighted by Crippen LogP contribution is -2.31. The Hall–Kier alpha value is -3.51. The van der Waals surface area contributed by atoms with Crippen LogP contribution >= 0.6 is 11.8 Å². The van der Waals surface area contributed by atoms with Gasteiger partial charge in [0.15, 0.2) is 11.5 Å². The number of nitriles is 1. The topological polar surface area (TPSA) is 111 Å². The molecule has 0 saturated carbocycles. The Bertz CT molecular complexity index is 1050. The number of phenolic OH excluding ortho intramolecular Hbond substituents is 1. The number of amides is 2. The summed E-state index contributed by atoms with van der Waals surface area (Å²) < 4.78 is 18.1. The first-order chi connectivity index (χ1) is 14.4. The number of phenols is 1. The highest BCUT2D eigenvalue weighted by atomic mass is 32.2. The molecular weight excluding hydrogens is 409 g/mol. The molecule has 0 aliphatic carbocycles. The number of rotatable bonds is 6. The van der Waals surface area contributed by atoms with Gasteiger partial charge in [-0.3, -0.25) is 9.59 Å². The molecule has 0 spiro atoms. The largest absolute Gasteiger partial charge is 0.504 e. The van der Waals surface area contributed by atoms with Crippen molar-refractivity contribution < 1.29 is 23.8 Å². The molecule has 1 atom stereocenters. The summed E-state index contributed by atoms with van der Waals surface area (Å²) in [5.74, 6) is -1.44. The molecule has 9 heteroatoms. The van der Waals surface area contributed by atoms with E-state index < -0.39 is 11.7 Å². The molecule has 1 aliphatic heterocycles. The Morgan fingerprint density at radius 1 is 1.37 bits per heavy atom. The second-order valence-corrected chi connectivity index (χ2v) is 7.42. The van der Waals surface area contributed by atoms with Gasteiger partial charge in [0.05, 0.1) is 29.5 Å². The van der Waals surface area contributed by atoms with Crippen LogP contribution in [0.1, 0.15) is 17.9 Å². The number of halogens is 1. The van der Waals surface area contributed by atoms with Gasteiger partial charge in [0.25, 0.3) is 0 Å². The second-order valence-electron chi connectivity index (χ2n) is 6.43. The molecule has 0 aromatic heterocycles. The minimum atomic E-state index is -0.527. The van der Waals surface area contributed by atoms with Crippen molar-refractivity contribution in [3.63, 3.8) is 0 Å². The highest BCUT2D eigenvalue weighted by molar-refractivity contribution is 8.03. The minimum Gasteiger partial charge on any atom is -0.504 e. The van der Waals surface area contributed by atoms with Crippen LogP contribution in [0.5, 0.6) is 11.5 Å². The first kappa shape index (κ1) is 21.2. The average molecular weight is 427 g/mol. The van der Waals surface area contributed by atoms with Gasteiger partial charge in [0.2, 0.25) is 11.8 Å². The quantitative estimate of drug-likeness (QED) is 0.653. The van der Waals surface area contributed by atoms with Crippen LogP contribution in [-0.4, -0.2) is 29.8 Å². The smallest absolute Gasteiger partial charge is 0.234 e. The summed E-state index contributed by atoms with van der Waals surface area (Å²) in [5.41, 5.74) is 1.41. The van der Waals surface area contributed by atoms with Crippen molar-refractivity contribution in [2.45, 2.75) is 12.3 Å². The number of nitrogens with one attached hydrogen (secondary N) is 2. The maximum absolute atomic E-state index is 13.0. The Labute approximate surface area is 176 Å². The van der Waals surface area contributed by atoms with Gasteiger partial charge in [-0.2, -0.15) is 5.26 Å². The van der Waals surface area contributed by atoms with E-state index in [2.05, 4.69) is 16.7 Å². The van der Waals surface area contributed by atoms with Crippen molar-refractivity contribution in [3.8, 4) is 17.6 Å². The van der Waals surface area contributed by atoms with E-state index in [-0.39, 0.29) is 35.5 Å². The van der Waals surface area contributed by atoms with Gasteiger partial charge in [-0.25, -0.2) is 4.39 Å². The van der Waals surface area contributed by atoms with Crippen molar-refractivity contribution >= 4 is 29.3 Å². The van der Waals surface area contributed by atoms with Gasteiger partial charge in [-0.1, -0.05) is 17.8 Å². The standard InChI is InChI=1S/C21H18FN3O4S/c1-29-18-8-12(2-7-17(18)26)15-9-19(27)25-21(16(15)10-23)30-11-20(28)24-14-5-3-13(22)4-6-14/h2-8,15,26H,9,11H2,1H3,(H,24,28)(H,25,27).